The lowest BCUT2D eigenvalue weighted by Gasteiger charge is -2.22. The van der Waals surface area contributed by atoms with E-state index in [1.54, 1.807) is 6.08 Å². The van der Waals surface area contributed by atoms with Crippen LogP contribution >= 0.6 is 0 Å². The third-order valence-electron chi connectivity index (χ3n) is 8.36. The van der Waals surface area contributed by atoms with Crippen LogP contribution in [0.2, 0.25) is 0 Å². The summed E-state index contributed by atoms with van der Waals surface area (Å²) in [7, 11) is -4.45. The van der Waals surface area contributed by atoms with Crippen LogP contribution < -0.4 is 5.32 Å². The summed E-state index contributed by atoms with van der Waals surface area (Å²) >= 11 is 0. The molecule has 0 aromatic rings. The Morgan fingerprint density at radius 1 is 0.596 bits per heavy atom. The zero-order valence-electron chi connectivity index (χ0n) is 30.0. The van der Waals surface area contributed by atoms with Crippen LogP contribution in [0.15, 0.2) is 48.6 Å². The first-order valence-corrected chi connectivity index (χ1v) is 20.6. The number of hydrogen-bond donors (Lipinski definition) is 4. The highest BCUT2D eigenvalue weighted by Gasteiger charge is 2.27. The van der Waals surface area contributed by atoms with Crippen LogP contribution in [0, 0.1) is 0 Å². The molecule has 3 atom stereocenters. The highest BCUT2D eigenvalue weighted by atomic mass is 32.2. The molecule has 8 heteroatoms. The fourth-order valence-electron chi connectivity index (χ4n) is 5.40. The van der Waals surface area contributed by atoms with Crippen molar-refractivity contribution in [1.82, 2.24) is 5.32 Å². The largest absolute Gasteiger partial charge is 0.387 e. The Hall–Kier alpha value is -1.74. The van der Waals surface area contributed by atoms with Gasteiger partial charge in [0.15, 0.2) is 0 Å². The quantitative estimate of drug-likeness (QED) is 0.0237. The van der Waals surface area contributed by atoms with E-state index in [0.29, 0.717) is 12.8 Å². The Kier molecular flexibility index (Phi) is 31.6. The summed E-state index contributed by atoms with van der Waals surface area (Å²) in [6, 6.07) is -1.25. The van der Waals surface area contributed by atoms with Gasteiger partial charge >= 0.3 is 0 Å². The number of unbranched alkanes of at least 4 members (excludes halogenated alkanes) is 19. The van der Waals surface area contributed by atoms with Gasteiger partial charge in [-0.25, -0.2) is 0 Å². The lowest BCUT2D eigenvalue weighted by atomic mass is 10.0. The van der Waals surface area contributed by atoms with Crippen molar-refractivity contribution in [2.75, 3.05) is 5.75 Å². The highest BCUT2D eigenvalue weighted by molar-refractivity contribution is 7.85. The fourth-order valence-corrected chi connectivity index (χ4v) is 6.14. The van der Waals surface area contributed by atoms with Gasteiger partial charge in [-0.1, -0.05) is 159 Å². The van der Waals surface area contributed by atoms with Crippen molar-refractivity contribution in [3.8, 4) is 0 Å². The minimum absolute atomic E-state index is 0.267. The van der Waals surface area contributed by atoms with Crippen molar-refractivity contribution in [3.05, 3.63) is 48.6 Å². The summed E-state index contributed by atoms with van der Waals surface area (Å²) in [5.74, 6) is -1.57. The first-order valence-electron chi connectivity index (χ1n) is 19.0. The van der Waals surface area contributed by atoms with Gasteiger partial charge in [-0.15, -0.1) is 0 Å². The van der Waals surface area contributed by atoms with E-state index in [2.05, 4.69) is 55.6 Å². The Labute approximate surface area is 289 Å². The zero-order chi connectivity index (χ0) is 34.9. The van der Waals surface area contributed by atoms with Gasteiger partial charge in [-0.2, -0.15) is 8.42 Å². The number of nitrogens with one attached hydrogen (secondary N) is 1. The SMILES string of the molecule is CCCCC/C=C\C=C/CCCCCCCCCCCC(O)C(=O)NC(CS(=O)(=O)O)C(O)/C=C/CC/C=C/CCCCCCCC. The standard InChI is InChI=1S/C39H71NO6S/c1-3-5-7-9-11-13-15-17-18-19-20-21-22-24-26-28-30-32-34-38(42)39(43)40-36(35-47(44,45)46)37(41)33-31-29-27-25-23-16-14-12-10-8-6-4-2/h11,13,15,17,23,25,31,33,36-38,41-42H,3-10,12,14,16,18-22,24,26-30,32,34-35H2,1-2H3,(H,40,43)(H,44,45,46)/b13-11-,17-15-,25-23+,33-31+. The molecule has 0 saturated carbocycles. The number of hydrogen-bond acceptors (Lipinski definition) is 5. The normalized spacial score (nSPS) is 14.6. The number of aliphatic hydroxyl groups excluding tert-OH is 2. The van der Waals surface area contributed by atoms with Crippen LogP contribution in [0.4, 0.5) is 0 Å². The fraction of sp³-hybridized carbons (Fsp3) is 0.769. The van der Waals surface area contributed by atoms with Crippen molar-refractivity contribution in [1.29, 1.82) is 0 Å². The molecule has 0 radical (unpaired) electrons. The van der Waals surface area contributed by atoms with Crippen molar-refractivity contribution in [3.63, 3.8) is 0 Å². The van der Waals surface area contributed by atoms with Gasteiger partial charge in [-0.3, -0.25) is 9.35 Å². The topological polar surface area (TPSA) is 124 Å². The Morgan fingerprint density at radius 3 is 1.57 bits per heavy atom. The number of carbonyl (C=O) groups excluding carboxylic acids is 1. The molecule has 7 nitrogen and oxygen atoms in total. The molecule has 0 saturated heterocycles. The molecule has 0 aliphatic rings. The molecule has 274 valence electrons. The predicted octanol–water partition coefficient (Wildman–Crippen LogP) is 9.71. The molecule has 0 aromatic carbocycles. The summed E-state index contributed by atoms with van der Waals surface area (Å²) in [5.41, 5.74) is 0. The second kappa shape index (κ2) is 32.8. The van der Waals surface area contributed by atoms with Gasteiger partial charge in [0.25, 0.3) is 10.1 Å². The molecule has 0 heterocycles. The van der Waals surface area contributed by atoms with Crippen LogP contribution in [0.3, 0.4) is 0 Å². The van der Waals surface area contributed by atoms with Crippen molar-refractivity contribution in [2.24, 2.45) is 0 Å². The van der Waals surface area contributed by atoms with E-state index in [9.17, 15) is 28.0 Å². The molecule has 0 rings (SSSR count). The first-order chi connectivity index (χ1) is 22.7. The summed E-state index contributed by atoms with van der Waals surface area (Å²) in [4.78, 5) is 12.5. The maximum absolute atomic E-state index is 12.5. The molecule has 0 aliphatic heterocycles. The summed E-state index contributed by atoms with van der Waals surface area (Å²) < 4.78 is 32.4. The zero-order valence-corrected chi connectivity index (χ0v) is 30.8. The Morgan fingerprint density at radius 2 is 1.02 bits per heavy atom. The van der Waals surface area contributed by atoms with E-state index >= 15 is 0 Å². The number of aliphatic hydroxyl groups is 2. The molecule has 1 amide bonds. The molecular weight excluding hydrogens is 610 g/mol. The lowest BCUT2D eigenvalue weighted by Crippen LogP contribution is -2.50. The predicted molar refractivity (Wildman–Crippen MR) is 199 cm³/mol. The van der Waals surface area contributed by atoms with E-state index < -0.39 is 40.0 Å². The third kappa shape index (κ3) is 32.6. The molecule has 0 bridgehead atoms. The maximum Gasteiger partial charge on any atom is 0.267 e. The van der Waals surface area contributed by atoms with E-state index in [1.807, 2.05) is 0 Å². The van der Waals surface area contributed by atoms with E-state index in [-0.39, 0.29) is 6.42 Å². The van der Waals surface area contributed by atoms with Gasteiger partial charge in [-0.05, 0) is 57.8 Å². The van der Waals surface area contributed by atoms with E-state index in [0.717, 1.165) is 38.5 Å². The molecule has 0 spiro atoms. The molecule has 0 aromatic heterocycles. The average molecular weight is 682 g/mol. The van der Waals surface area contributed by atoms with Gasteiger partial charge in [0.05, 0.1) is 17.9 Å². The van der Waals surface area contributed by atoms with E-state index in [1.165, 1.54) is 102 Å². The average Bonchev–Trinajstić information content (AvgIpc) is 3.03. The molecule has 0 aliphatic carbocycles. The van der Waals surface area contributed by atoms with Crippen molar-refractivity contribution >= 4 is 16.0 Å². The van der Waals surface area contributed by atoms with Crippen LogP contribution in [0.5, 0.6) is 0 Å². The second-order valence-electron chi connectivity index (χ2n) is 13.0. The first kappa shape index (κ1) is 45.3. The number of amides is 1. The molecule has 3 unspecified atom stereocenters. The number of rotatable bonds is 33. The van der Waals surface area contributed by atoms with Gasteiger partial charge in [0.1, 0.15) is 6.10 Å². The Bertz CT molecular complexity index is 943. The summed E-state index contributed by atoms with van der Waals surface area (Å²) in [5, 5.41) is 23.3. The van der Waals surface area contributed by atoms with Gasteiger partial charge in [0, 0.05) is 0 Å². The van der Waals surface area contributed by atoms with Crippen LogP contribution in [-0.4, -0.2) is 53.1 Å². The summed E-state index contributed by atoms with van der Waals surface area (Å²) in [6.07, 6.45) is 40.2. The highest BCUT2D eigenvalue weighted by Crippen LogP contribution is 2.13. The molecular formula is C39H71NO6S. The van der Waals surface area contributed by atoms with Crippen LogP contribution in [-0.2, 0) is 14.9 Å². The summed E-state index contributed by atoms with van der Waals surface area (Å²) in [6.45, 7) is 4.44. The molecule has 4 N–H and O–H groups in total. The minimum Gasteiger partial charge on any atom is -0.387 e. The second-order valence-corrected chi connectivity index (χ2v) is 14.5. The smallest absolute Gasteiger partial charge is 0.267 e. The molecule has 47 heavy (non-hydrogen) atoms. The van der Waals surface area contributed by atoms with Gasteiger partial charge < -0.3 is 15.5 Å². The minimum atomic E-state index is -4.45. The Balaban J connectivity index is 4.11. The lowest BCUT2D eigenvalue weighted by molar-refractivity contribution is -0.130. The number of allylic oxidation sites excluding steroid dienone is 7. The van der Waals surface area contributed by atoms with Crippen LogP contribution in [0.25, 0.3) is 0 Å². The maximum atomic E-state index is 12.5. The van der Waals surface area contributed by atoms with Crippen molar-refractivity contribution < 1.29 is 28.0 Å². The van der Waals surface area contributed by atoms with Crippen LogP contribution in [0.1, 0.15) is 168 Å². The van der Waals surface area contributed by atoms with E-state index in [4.69, 9.17) is 0 Å². The number of carbonyl (C=O) groups is 1. The van der Waals surface area contributed by atoms with Gasteiger partial charge in [0.2, 0.25) is 5.91 Å². The monoisotopic (exact) mass is 682 g/mol. The molecule has 0 fully saturated rings. The third-order valence-corrected chi connectivity index (χ3v) is 9.14. The van der Waals surface area contributed by atoms with Crippen molar-refractivity contribution in [2.45, 2.75) is 186 Å².